The molecule has 0 amide bonds. The van der Waals surface area contributed by atoms with E-state index in [9.17, 15) is 0 Å². The lowest BCUT2D eigenvalue weighted by Gasteiger charge is -2.28. The van der Waals surface area contributed by atoms with Gasteiger partial charge in [0, 0.05) is 37.4 Å². The van der Waals surface area contributed by atoms with Gasteiger partial charge in [-0.3, -0.25) is 0 Å². The number of halogens is 1. The Morgan fingerprint density at radius 1 is 0.291 bits per heavy atom. The number of anilines is 5. The minimum atomic E-state index is 0.834. The van der Waals surface area contributed by atoms with E-state index in [0.717, 1.165) is 39.9 Å². The summed E-state index contributed by atoms with van der Waals surface area (Å²) in [4.78, 5) is 2.32. The fourth-order valence-corrected chi connectivity index (χ4v) is 9.76. The van der Waals surface area contributed by atoms with Gasteiger partial charge in [-0.25, -0.2) is 0 Å². The predicted octanol–water partition coefficient (Wildman–Crippen LogP) is 20.9. The van der Waals surface area contributed by atoms with Crippen molar-refractivity contribution in [1.82, 2.24) is 0 Å². The lowest BCUT2D eigenvalue weighted by atomic mass is 9.96. The summed E-state index contributed by atoms with van der Waals surface area (Å²) in [6.45, 7) is 0. The first kappa shape index (κ1) is 53.0. The van der Waals surface area contributed by atoms with E-state index >= 15 is 0 Å². The van der Waals surface area contributed by atoms with Gasteiger partial charge in [-0.05, 0) is 175 Å². The number of rotatable bonds is 13. The van der Waals surface area contributed by atoms with Gasteiger partial charge >= 0.3 is 0 Å². The number of nitrogens with zero attached hydrogens (tertiary/aromatic N) is 1. The number of nitrogens with one attached hydrogen (secondary N) is 1. The van der Waals surface area contributed by atoms with E-state index < -0.39 is 0 Å². The van der Waals surface area contributed by atoms with Crippen LogP contribution in [0.25, 0.3) is 66.8 Å². The SMILES string of the molecule is COc1ccc(I)cc1.COc1ccc(N(c2ccc(-c3ccccc3)cc2)c2ccc(-c3ccccc3)cc2-c2ccccc2)cc1.c1ccc(-c2ccc(Nc3ccc(-c4ccccc4)cc3-c3ccccc3)cc2)cc1. The molecule has 12 aromatic carbocycles. The monoisotopic (exact) mass is 1130 g/mol. The molecule has 0 heterocycles. The minimum Gasteiger partial charge on any atom is -0.497 e. The molecule has 0 saturated carbocycles. The first-order valence-corrected chi connectivity index (χ1v) is 27.4. The lowest BCUT2D eigenvalue weighted by Crippen LogP contribution is -2.11. The molecule has 0 atom stereocenters. The second-order valence-electron chi connectivity index (χ2n) is 18.6. The quantitative estimate of drug-likeness (QED) is 0.117. The van der Waals surface area contributed by atoms with Crippen molar-refractivity contribution in [2.24, 2.45) is 0 Å². The molecule has 0 spiro atoms. The van der Waals surface area contributed by atoms with E-state index in [2.05, 4.69) is 300 Å². The summed E-state index contributed by atoms with van der Waals surface area (Å²) >= 11 is 2.26. The number of hydrogen-bond acceptors (Lipinski definition) is 4. The van der Waals surface area contributed by atoms with Gasteiger partial charge in [0.1, 0.15) is 11.5 Å². The number of hydrogen-bond donors (Lipinski definition) is 1. The molecule has 0 radical (unpaired) electrons. The highest BCUT2D eigenvalue weighted by Gasteiger charge is 2.19. The van der Waals surface area contributed by atoms with Crippen molar-refractivity contribution in [2.75, 3.05) is 24.4 Å². The van der Waals surface area contributed by atoms with Crippen LogP contribution in [0.4, 0.5) is 28.4 Å². The van der Waals surface area contributed by atoms with Crippen molar-refractivity contribution in [3.05, 3.63) is 319 Å². The molecule has 0 aliphatic carbocycles. The van der Waals surface area contributed by atoms with E-state index in [1.807, 2.05) is 48.5 Å². The predicted molar refractivity (Wildman–Crippen MR) is 342 cm³/mol. The van der Waals surface area contributed by atoms with Crippen LogP contribution >= 0.6 is 22.6 Å². The highest BCUT2D eigenvalue weighted by atomic mass is 127. The number of benzene rings is 12. The van der Waals surface area contributed by atoms with Crippen molar-refractivity contribution in [3.63, 3.8) is 0 Å². The van der Waals surface area contributed by atoms with Crippen LogP contribution < -0.4 is 19.7 Å². The van der Waals surface area contributed by atoms with E-state index in [-0.39, 0.29) is 0 Å². The van der Waals surface area contributed by atoms with E-state index in [4.69, 9.17) is 9.47 Å². The molecule has 0 saturated heterocycles. The number of methoxy groups -OCH3 is 2. The van der Waals surface area contributed by atoms with Crippen LogP contribution in [0.15, 0.2) is 315 Å². The van der Waals surface area contributed by atoms with Gasteiger partial charge in [0.2, 0.25) is 0 Å². The van der Waals surface area contributed by atoms with Gasteiger partial charge in [-0.2, -0.15) is 0 Å². The van der Waals surface area contributed by atoms with Crippen LogP contribution in [0.3, 0.4) is 0 Å². The molecule has 5 heteroatoms. The van der Waals surface area contributed by atoms with Crippen molar-refractivity contribution >= 4 is 51.0 Å². The third kappa shape index (κ3) is 13.8. The zero-order chi connectivity index (χ0) is 54.0. The summed E-state index contributed by atoms with van der Waals surface area (Å²) in [5.41, 5.74) is 19.8. The third-order valence-corrected chi connectivity index (χ3v) is 14.2. The molecule has 12 aromatic rings. The van der Waals surface area contributed by atoms with E-state index in [0.29, 0.717) is 0 Å². The fraction of sp³-hybridized carbons (Fsp3) is 0.0270. The summed E-state index contributed by atoms with van der Waals surface area (Å²) in [6.07, 6.45) is 0. The van der Waals surface area contributed by atoms with E-state index in [1.54, 1.807) is 14.2 Å². The molecule has 12 rings (SSSR count). The molecule has 0 aliphatic heterocycles. The zero-order valence-corrected chi connectivity index (χ0v) is 46.3. The Kier molecular flexibility index (Phi) is 17.8. The molecule has 1 N–H and O–H groups in total. The molecule has 0 fully saturated rings. The van der Waals surface area contributed by atoms with Crippen molar-refractivity contribution in [2.45, 2.75) is 0 Å². The molecule has 0 bridgehead atoms. The smallest absolute Gasteiger partial charge is 0.119 e. The van der Waals surface area contributed by atoms with Gasteiger partial charge in [0.05, 0.1) is 19.9 Å². The Morgan fingerprint density at radius 3 is 1.04 bits per heavy atom. The van der Waals surface area contributed by atoms with Gasteiger partial charge in [-0.1, -0.05) is 218 Å². The van der Waals surface area contributed by atoms with Crippen LogP contribution in [0.1, 0.15) is 0 Å². The Balaban J connectivity index is 0.000000157. The van der Waals surface area contributed by atoms with Gasteiger partial charge in [0.15, 0.2) is 0 Å². The Morgan fingerprint density at radius 2 is 0.608 bits per heavy atom. The molecule has 79 heavy (non-hydrogen) atoms. The third-order valence-electron chi connectivity index (χ3n) is 13.5. The standard InChI is InChI=1S/C37H29NO.C30H23N.C7H7IO/c1-39-35-24-22-34(23-25-35)38(33-20-17-30(18-21-33)28-11-5-2-6-12-28)37-26-19-32(29-13-7-3-8-14-29)27-36(37)31-15-9-4-10-16-31;1-4-10-23(11-5-1)25-16-19-28(20-17-25)31-30-21-18-27(24-12-6-2-7-13-24)22-29(30)26-14-8-3-9-15-26;1-9-7-4-2-6(8)3-5-7/h2-27H,1H3;1-22,31H;2-5H,1H3. The van der Waals surface area contributed by atoms with Crippen molar-refractivity contribution in [3.8, 4) is 78.3 Å². The van der Waals surface area contributed by atoms with Crippen molar-refractivity contribution in [1.29, 1.82) is 0 Å². The average Bonchev–Trinajstić information content (AvgIpc) is 3.60. The Bertz CT molecular complexity index is 3770. The molecule has 384 valence electrons. The highest BCUT2D eigenvalue weighted by molar-refractivity contribution is 14.1. The van der Waals surface area contributed by atoms with Crippen LogP contribution in [0, 0.1) is 3.57 Å². The zero-order valence-electron chi connectivity index (χ0n) is 44.2. The van der Waals surface area contributed by atoms with Crippen molar-refractivity contribution < 1.29 is 9.47 Å². The molecular weight excluding hydrogens is 1080 g/mol. The summed E-state index contributed by atoms with van der Waals surface area (Å²) in [7, 11) is 3.37. The Hall–Kier alpha value is -9.43. The summed E-state index contributed by atoms with van der Waals surface area (Å²) in [5.74, 6) is 1.75. The second kappa shape index (κ2) is 26.6. The normalized spacial score (nSPS) is 10.5. The van der Waals surface area contributed by atoms with Gasteiger partial charge in [-0.15, -0.1) is 0 Å². The minimum absolute atomic E-state index is 0.834. The lowest BCUT2D eigenvalue weighted by molar-refractivity contribution is 0.414. The summed E-state index contributed by atoms with van der Waals surface area (Å²) in [6, 6.07) is 110. The van der Waals surface area contributed by atoms with Crippen LogP contribution in [0.2, 0.25) is 0 Å². The highest BCUT2D eigenvalue weighted by Crippen LogP contribution is 2.44. The Labute approximate surface area is 479 Å². The summed E-state index contributed by atoms with van der Waals surface area (Å²) < 4.78 is 11.7. The topological polar surface area (TPSA) is 33.7 Å². The fourth-order valence-electron chi connectivity index (χ4n) is 9.40. The molecule has 0 aliphatic rings. The average molecular weight is 1140 g/mol. The summed E-state index contributed by atoms with van der Waals surface area (Å²) in [5, 5.41) is 3.63. The molecular formula is C74H59IN2O2. The molecule has 0 aromatic heterocycles. The maximum absolute atomic E-state index is 5.46. The van der Waals surface area contributed by atoms with Gasteiger partial charge in [0.25, 0.3) is 0 Å². The van der Waals surface area contributed by atoms with Crippen LogP contribution in [-0.4, -0.2) is 14.2 Å². The van der Waals surface area contributed by atoms with Crippen LogP contribution in [0.5, 0.6) is 11.5 Å². The first-order valence-electron chi connectivity index (χ1n) is 26.3. The van der Waals surface area contributed by atoms with E-state index in [1.165, 1.54) is 70.3 Å². The molecule has 0 unspecified atom stereocenters. The maximum atomic E-state index is 5.46. The largest absolute Gasteiger partial charge is 0.497 e. The maximum Gasteiger partial charge on any atom is 0.119 e. The van der Waals surface area contributed by atoms with Gasteiger partial charge < -0.3 is 19.7 Å². The second-order valence-corrected chi connectivity index (χ2v) is 19.9. The number of ether oxygens (including phenoxy) is 2. The first-order chi connectivity index (χ1) is 39.0. The molecule has 4 nitrogen and oxygen atoms in total. The van der Waals surface area contributed by atoms with Crippen LogP contribution in [-0.2, 0) is 0 Å².